The van der Waals surface area contributed by atoms with Crippen LogP contribution in [-0.2, 0) is 4.74 Å². The molecule has 0 aromatic heterocycles. The first-order valence-corrected chi connectivity index (χ1v) is 5.37. The van der Waals surface area contributed by atoms with Crippen molar-refractivity contribution >= 4 is 0 Å². The fourth-order valence-corrected chi connectivity index (χ4v) is 2.29. The summed E-state index contributed by atoms with van der Waals surface area (Å²) >= 11 is 0. The summed E-state index contributed by atoms with van der Waals surface area (Å²) in [4.78, 5) is 0. The van der Waals surface area contributed by atoms with E-state index in [9.17, 15) is 0 Å². The lowest BCUT2D eigenvalue weighted by atomic mass is 9.95. The normalized spacial score (nSPS) is 27.3. The van der Waals surface area contributed by atoms with Crippen molar-refractivity contribution in [3.63, 3.8) is 0 Å². The zero-order chi connectivity index (χ0) is 9.97. The van der Waals surface area contributed by atoms with Crippen LogP contribution in [0.4, 0.5) is 0 Å². The zero-order valence-corrected chi connectivity index (χ0v) is 8.94. The van der Waals surface area contributed by atoms with E-state index in [-0.39, 0.29) is 0 Å². The molecule has 0 bridgehead atoms. The first-order valence-electron chi connectivity index (χ1n) is 5.37. The van der Waals surface area contributed by atoms with Gasteiger partial charge in [-0.25, -0.2) is 0 Å². The average Bonchev–Trinajstić information content (AvgIpc) is 2.98. The standard InChI is InChI=1S/C13H18O/c1-10(11-6-4-3-5-7-11)13-8-12(13)9-14-2/h3-7,10,12-13H,8-9H2,1-2H3/t10-,12-,13+/m1/s1. The topological polar surface area (TPSA) is 9.23 Å². The summed E-state index contributed by atoms with van der Waals surface area (Å²) in [5.41, 5.74) is 1.47. The fourth-order valence-electron chi connectivity index (χ4n) is 2.29. The minimum Gasteiger partial charge on any atom is -0.384 e. The molecule has 0 heterocycles. The molecule has 76 valence electrons. The Morgan fingerprint density at radius 3 is 2.71 bits per heavy atom. The van der Waals surface area contributed by atoms with Crippen LogP contribution in [0.1, 0.15) is 24.8 Å². The molecule has 1 aromatic carbocycles. The molecule has 0 N–H and O–H groups in total. The zero-order valence-electron chi connectivity index (χ0n) is 8.94. The van der Waals surface area contributed by atoms with Gasteiger partial charge >= 0.3 is 0 Å². The van der Waals surface area contributed by atoms with Gasteiger partial charge in [0.05, 0.1) is 0 Å². The van der Waals surface area contributed by atoms with Gasteiger partial charge in [-0.1, -0.05) is 37.3 Å². The lowest BCUT2D eigenvalue weighted by Crippen LogP contribution is -2.00. The quantitative estimate of drug-likeness (QED) is 0.709. The van der Waals surface area contributed by atoms with E-state index in [0.29, 0.717) is 5.92 Å². The van der Waals surface area contributed by atoms with Gasteiger partial charge in [-0.15, -0.1) is 0 Å². The second-order valence-corrected chi connectivity index (χ2v) is 4.31. The summed E-state index contributed by atoms with van der Waals surface area (Å²) in [6, 6.07) is 10.8. The molecule has 1 saturated carbocycles. The van der Waals surface area contributed by atoms with Crippen LogP contribution >= 0.6 is 0 Å². The Kier molecular flexibility index (Phi) is 2.87. The molecule has 1 heteroatoms. The van der Waals surface area contributed by atoms with Gasteiger partial charge in [0.1, 0.15) is 0 Å². The highest BCUT2D eigenvalue weighted by Gasteiger charge is 2.41. The van der Waals surface area contributed by atoms with E-state index in [0.717, 1.165) is 18.4 Å². The van der Waals surface area contributed by atoms with Crippen molar-refractivity contribution in [1.29, 1.82) is 0 Å². The summed E-state index contributed by atoms with van der Waals surface area (Å²) in [6.07, 6.45) is 1.34. The minimum absolute atomic E-state index is 0.691. The van der Waals surface area contributed by atoms with E-state index in [1.807, 2.05) is 0 Å². The van der Waals surface area contributed by atoms with Crippen LogP contribution in [0.15, 0.2) is 30.3 Å². The number of methoxy groups -OCH3 is 1. The van der Waals surface area contributed by atoms with Crippen molar-refractivity contribution in [3.8, 4) is 0 Å². The van der Waals surface area contributed by atoms with Gasteiger partial charge in [-0.2, -0.15) is 0 Å². The van der Waals surface area contributed by atoms with Crippen LogP contribution in [-0.4, -0.2) is 13.7 Å². The van der Waals surface area contributed by atoms with Gasteiger partial charge in [0.15, 0.2) is 0 Å². The first kappa shape index (κ1) is 9.72. The first-order chi connectivity index (χ1) is 6.83. The Balaban J connectivity index is 1.94. The second kappa shape index (κ2) is 4.14. The van der Waals surface area contributed by atoms with Crippen LogP contribution < -0.4 is 0 Å². The molecule has 1 nitrogen and oxygen atoms in total. The Bertz CT molecular complexity index is 281. The Labute approximate surface area is 86.1 Å². The monoisotopic (exact) mass is 190 g/mol. The number of ether oxygens (including phenoxy) is 1. The van der Waals surface area contributed by atoms with Crippen LogP contribution in [0.3, 0.4) is 0 Å². The summed E-state index contributed by atoms with van der Waals surface area (Å²) < 4.78 is 5.18. The van der Waals surface area contributed by atoms with E-state index in [1.54, 1.807) is 7.11 Å². The Morgan fingerprint density at radius 1 is 1.36 bits per heavy atom. The minimum atomic E-state index is 0.691. The van der Waals surface area contributed by atoms with E-state index in [4.69, 9.17) is 4.74 Å². The lowest BCUT2D eigenvalue weighted by molar-refractivity contribution is 0.179. The number of hydrogen-bond donors (Lipinski definition) is 0. The van der Waals surface area contributed by atoms with Crippen LogP contribution in [0.5, 0.6) is 0 Å². The van der Waals surface area contributed by atoms with Gasteiger partial charge in [0, 0.05) is 13.7 Å². The van der Waals surface area contributed by atoms with Crippen LogP contribution in [0.2, 0.25) is 0 Å². The van der Waals surface area contributed by atoms with Gasteiger partial charge < -0.3 is 4.74 Å². The maximum Gasteiger partial charge on any atom is 0.0493 e. The fraction of sp³-hybridized carbons (Fsp3) is 0.538. The van der Waals surface area contributed by atoms with Crippen molar-refractivity contribution in [2.45, 2.75) is 19.3 Å². The molecule has 0 unspecified atom stereocenters. The molecule has 14 heavy (non-hydrogen) atoms. The van der Waals surface area contributed by atoms with E-state index < -0.39 is 0 Å². The highest BCUT2D eigenvalue weighted by Crippen LogP contribution is 2.48. The largest absolute Gasteiger partial charge is 0.384 e. The SMILES string of the molecule is COC[C@H]1C[C@H]1[C@H](C)c1ccccc1. The van der Waals surface area contributed by atoms with Crippen LogP contribution in [0.25, 0.3) is 0 Å². The summed E-state index contributed by atoms with van der Waals surface area (Å²) in [7, 11) is 1.79. The predicted octanol–water partition coefficient (Wildman–Crippen LogP) is 3.07. The smallest absolute Gasteiger partial charge is 0.0493 e. The molecule has 0 radical (unpaired) electrons. The molecule has 0 spiro atoms. The van der Waals surface area contributed by atoms with Gasteiger partial charge in [0.25, 0.3) is 0 Å². The van der Waals surface area contributed by atoms with Crippen LogP contribution in [0, 0.1) is 11.8 Å². The highest BCUT2D eigenvalue weighted by molar-refractivity contribution is 5.21. The molecule has 1 aliphatic rings. The summed E-state index contributed by atoms with van der Waals surface area (Å²) in [5, 5.41) is 0. The number of benzene rings is 1. The van der Waals surface area contributed by atoms with Crippen molar-refractivity contribution in [2.24, 2.45) is 11.8 Å². The third-order valence-corrected chi connectivity index (χ3v) is 3.33. The second-order valence-electron chi connectivity index (χ2n) is 4.31. The third kappa shape index (κ3) is 1.98. The molecule has 1 fully saturated rings. The molecule has 0 amide bonds. The van der Waals surface area contributed by atoms with Gasteiger partial charge in [-0.3, -0.25) is 0 Å². The van der Waals surface area contributed by atoms with E-state index in [2.05, 4.69) is 37.3 Å². The summed E-state index contributed by atoms with van der Waals surface area (Å²) in [6.45, 7) is 3.26. The third-order valence-electron chi connectivity index (χ3n) is 3.33. The van der Waals surface area contributed by atoms with E-state index in [1.165, 1.54) is 12.0 Å². The van der Waals surface area contributed by atoms with E-state index >= 15 is 0 Å². The maximum absolute atomic E-state index is 5.18. The Hall–Kier alpha value is -0.820. The molecule has 1 aromatic rings. The molecule has 2 rings (SSSR count). The number of rotatable bonds is 4. The van der Waals surface area contributed by atoms with Crippen molar-refractivity contribution < 1.29 is 4.74 Å². The highest BCUT2D eigenvalue weighted by atomic mass is 16.5. The molecular weight excluding hydrogens is 172 g/mol. The predicted molar refractivity (Wildman–Crippen MR) is 58.3 cm³/mol. The number of hydrogen-bond acceptors (Lipinski definition) is 1. The molecular formula is C13H18O. The molecule has 1 aliphatic carbocycles. The summed E-state index contributed by atoms with van der Waals surface area (Å²) in [5.74, 6) is 2.34. The Morgan fingerprint density at radius 2 is 2.07 bits per heavy atom. The average molecular weight is 190 g/mol. The molecule has 0 saturated heterocycles. The van der Waals surface area contributed by atoms with Crippen molar-refractivity contribution in [2.75, 3.05) is 13.7 Å². The van der Waals surface area contributed by atoms with Crippen molar-refractivity contribution in [3.05, 3.63) is 35.9 Å². The molecule has 3 atom stereocenters. The maximum atomic E-state index is 5.18. The van der Waals surface area contributed by atoms with Crippen molar-refractivity contribution in [1.82, 2.24) is 0 Å². The molecule has 0 aliphatic heterocycles. The van der Waals surface area contributed by atoms with Gasteiger partial charge in [-0.05, 0) is 29.7 Å². The van der Waals surface area contributed by atoms with Gasteiger partial charge in [0.2, 0.25) is 0 Å². The lowest BCUT2D eigenvalue weighted by Gasteiger charge is -2.11.